The third-order valence-electron chi connectivity index (χ3n) is 6.10. The van der Waals surface area contributed by atoms with E-state index in [-0.39, 0.29) is 18.5 Å². The topological polar surface area (TPSA) is 66.2 Å². The minimum atomic E-state index is -0.301. The van der Waals surface area contributed by atoms with Crippen LogP contribution in [0.4, 0.5) is 0 Å². The SMILES string of the molecule is CC(C)c1ccc(C2CC(=O)c3ccc(OCc4cn(Cc5ccc(Br)cc5)nn4)cc3O2)cc1. The molecule has 0 fully saturated rings. The quantitative estimate of drug-likeness (QED) is 0.272. The lowest BCUT2D eigenvalue weighted by molar-refractivity contribution is 0.0849. The van der Waals surface area contributed by atoms with Gasteiger partial charge in [0.1, 0.15) is 29.9 Å². The zero-order chi connectivity index (χ0) is 24.4. The van der Waals surface area contributed by atoms with Crippen molar-refractivity contribution in [3.05, 3.63) is 105 Å². The van der Waals surface area contributed by atoms with Gasteiger partial charge in [0, 0.05) is 10.5 Å². The van der Waals surface area contributed by atoms with Crippen molar-refractivity contribution in [1.29, 1.82) is 0 Å². The van der Waals surface area contributed by atoms with Crippen molar-refractivity contribution in [2.24, 2.45) is 0 Å². The second-order valence-corrected chi connectivity index (χ2v) is 9.95. The maximum absolute atomic E-state index is 12.8. The summed E-state index contributed by atoms with van der Waals surface area (Å²) >= 11 is 3.45. The van der Waals surface area contributed by atoms with Gasteiger partial charge in [-0.25, -0.2) is 4.68 Å². The third-order valence-corrected chi connectivity index (χ3v) is 6.63. The van der Waals surface area contributed by atoms with Gasteiger partial charge in [-0.1, -0.05) is 71.4 Å². The van der Waals surface area contributed by atoms with Crippen LogP contribution in [0.5, 0.6) is 11.5 Å². The number of fused-ring (bicyclic) bond motifs is 1. The summed E-state index contributed by atoms with van der Waals surface area (Å²) in [5.74, 6) is 1.71. The van der Waals surface area contributed by atoms with Crippen LogP contribution in [0.3, 0.4) is 0 Å². The molecule has 1 aliphatic heterocycles. The van der Waals surface area contributed by atoms with E-state index in [1.165, 1.54) is 5.56 Å². The molecular weight excluding hydrogens is 506 g/mol. The molecule has 1 aromatic heterocycles. The Morgan fingerprint density at radius 2 is 1.86 bits per heavy atom. The number of nitrogens with zero attached hydrogens (tertiary/aromatic N) is 3. The molecule has 5 rings (SSSR count). The highest BCUT2D eigenvalue weighted by Gasteiger charge is 2.28. The van der Waals surface area contributed by atoms with Crippen LogP contribution in [-0.2, 0) is 13.2 Å². The fourth-order valence-corrected chi connectivity index (χ4v) is 4.36. The average Bonchev–Trinajstić information content (AvgIpc) is 3.31. The van der Waals surface area contributed by atoms with Gasteiger partial charge < -0.3 is 9.47 Å². The largest absolute Gasteiger partial charge is 0.487 e. The predicted octanol–water partition coefficient (Wildman–Crippen LogP) is 6.50. The van der Waals surface area contributed by atoms with E-state index in [1.54, 1.807) is 22.9 Å². The van der Waals surface area contributed by atoms with Gasteiger partial charge in [0.05, 0.1) is 24.7 Å². The Morgan fingerprint density at radius 1 is 1.09 bits per heavy atom. The first-order valence-electron chi connectivity index (χ1n) is 11.6. The van der Waals surface area contributed by atoms with Gasteiger partial charge in [0.15, 0.2) is 5.78 Å². The summed E-state index contributed by atoms with van der Waals surface area (Å²) in [6, 6.07) is 21.8. The summed E-state index contributed by atoms with van der Waals surface area (Å²) in [5, 5.41) is 8.40. The number of halogens is 1. The number of rotatable bonds is 7. The molecule has 0 N–H and O–H groups in total. The van der Waals surface area contributed by atoms with Crippen LogP contribution >= 0.6 is 15.9 Å². The monoisotopic (exact) mass is 531 g/mol. The maximum atomic E-state index is 12.8. The summed E-state index contributed by atoms with van der Waals surface area (Å²) < 4.78 is 15.0. The molecule has 0 spiro atoms. The maximum Gasteiger partial charge on any atom is 0.170 e. The fraction of sp³-hybridized carbons (Fsp3) is 0.250. The molecule has 1 aliphatic rings. The highest BCUT2D eigenvalue weighted by Crippen LogP contribution is 2.37. The molecule has 3 aromatic carbocycles. The number of ether oxygens (including phenoxy) is 2. The molecule has 178 valence electrons. The highest BCUT2D eigenvalue weighted by atomic mass is 79.9. The average molecular weight is 532 g/mol. The lowest BCUT2D eigenvalue weighted by Gasteiger charge is -2.26. The first-order valence-corrected chi connectivity index (χ1v) is 12.4. The van der Waals surface area contributed by atoms with E-state index >= 15 is 0 Å². The number of carbonyl (C=O) groups is 1. The van der Waals surface area contributed by atoms with Crippen molar-refractivity contribution in [2.75, 3.05) is 0 Å². The zero-order valence-corrected chi connectivity index (χ0v) is 21.2. The van der Waals surface area contributed by atoms with E-state index < -0.39 is 0 Å². The van der Waals surface area contributed by atoms with Crippen LogP contribution in [0.1, 0.15) is 65.0 Å². The minimum absolute atomic E-state index is 0.0756. The van der Waals surface area contributed by atoms with Crippen LogP contribution in [0.2, 0.25) is 0 Å². The van der Waals surface area contributed by atoms with Crippen molar-refractivity contribution >= 4 is 21.7 Å². The summed E-state index contributed by atoms with van der Waals surface area (Å²) in [4.78, 5) is 12.8. The standard InChI is InChI=1S/C28H26BrN3O3/c1-18(2)20-5-7-21(8-6-20)27-14-26(33)25-12-11-24(13-28(25)35-27)34-17-23-16-32(31-30-23)15-19-3-9-22(29)10-4-19/h3-13,16,18,27H,14-15,17H2,1-2H3. The first kappa shape index (κ1) is 23.3. The Kier molecular flexibility index (Phi) is 6.68. The Morgan fingerprint density at radius 3 is 2.60 bits per heavy atom. The smallest absolute Gasteiger partial charge is 0.170 e. The molecule has 2 heterocycles. The van der Waals surface area contributed by atoms with E-state index in [0.29, 0.717) is 35.9 Å². The van der Waals surface area contributed by atoms with Crippen molar-refractivity contribution in [3.63, 3.8) is 0 Å². The molecular formula is C28H26BrN3O3. The van der Waals surface area contributed by atoms with Crippen molar-refractivity contribution in [1.82, 2.24) is 15.0 Å². The summed E-state index contributed by atoms with van der Waals surface area (Å²) in [6.07, 6.45) is 1.90. The Hall–Kier alpha value is -3.45. The summed E-state index contributed by atoms with van der Waals surface area (Å²) in [7, 11) is 0. The van der Waals surface area contributed by atoms with Gasteiger partial charge in [-0.2, -0.15) is 0 Å². The number of Topliss-reactive ketones (excluding diaryl/α,β-unsaturated/α-hetero) is 1. The van der Waals surface area contributed by atoms with Gasteiger partial charge in [-0.15, -0.1) is 5.10 Å². The van der Waals surface area contributed by atoms with Crippen LogP contribution in [0, 0.1) is 0 Å². The fourth-order valence-electron chi connectivity index (χ4n) is 4.09. The van der Waals surface area contributed by atoms with Crippen molar-refractivity contribution in [2.45, 2.75) is 45.4 Å². The molecule has 6 nitrogen and oxygen atoms in total. The molecule has 4 aromatic rings. The lowest BCUT2D eigenvalue weighted by Crippen LogP contribution is -2.20. The molecule has 1 unspecified atom stereocenters. The minimum Gasteiger partial charge on any atom is -0.487 e. The highest BCUT2D eigenvalue weighted by molar-refractivity contribution is 9.10. The normalized spacial score (nSPS) is 15.1. The van der Waals surface area contributed by atoms with Crippen molar-refractivity contribution < 1.29 is 14.3 Å². The molecule has 35 heavy (non-hydrogen) atoms. The molecule has 0 saturated carbocycles. The van der Waals surface area contributed by atoms with E-state index in [9.17, 15) is 4.79 Å². The number of benzene rings is 3. The van der Waals surface area contributed by atoms with Gasteiger partial charge in [-0.05, 0) is 46.9 Å². The van der Waals surface area contributed by atoms with Gasteiger partial charge in [0.2, 0.25) is 0 Å². The lowest BCUT2D eigenvalue weighted by atomic mass is 9.94. The van der Waals surface area contributed by atoms with E-state index in [0.717, 1.165) is 21.3 Å². The van der Waals surface area contributed by atoms with E-state index in [4.69, 9.17) is 9.47 Å². The van der Waals surface area contributed by atoms with Crippen LogP contribution in [-0.4, -0.2) is 20.8 Å². The molecule has 7 heteroatoms. The van der Waals surface area contributed by atoms with Crippen LogP contribution in [0.25, 0.3) is 0 Å². The van der Waals surface area contributed by atoms with Gasteiger partial charge in [0.25, 0.3) is 0 Å². The number of ketones is 1. The molecule has 0 amide bonds. The molecule has 0 saturated heterocycles. The number of carbonyl (C=O) groups excluding carboxylic acids is 1. The van der Waals surface area contributed by atoms with Gasteiger partial charge in [-0.3, -0.25) is 4.79 Å². The summed E-state index contributed by atoms with van der Waals surface area (Å²) in [5.41, 5.74) is 4.71. The van der Waals surface area contributed by atoms with Crippen molar-refractivity contribution in [3.8, 4) is 11.5 Å². The van der Waals surface area contributed by atoms with Crippen LogP contribution < -0.4 is 9.47 Å². The second kappa shape index (κ2) is 10.0. The molecule has 1 atom stereocenters. The predicted molar refractivity (Wildman–Crippen MR) is 137 cm³/mol. The Bertz CT molecular complexity index is 1330. The van der Waals surface area contributed by atoms with Gasteiger partial charge >= 0.3 is 0 Å². The molecule has 0 bridgehead atoms. The van der Waals surface area contributed by atoms with E-state index in [2.05, 4.69) is 64.4 Å². The first-order chi connectivity index (χ1) is 16.9. The summed E-state index contributed by atoms with van der Waals surface area (Å²) in [6.45, 7) is 5.23. The second-order valence-electron chi connectivity index (χ2n) is 9.04. The third kappa shape index (κ3) is 5.46. The van der Waals surface area contributed by atoms with Crippen LogP contribution in [0.15, 0.2) is 77.4 Å². The Labute approximate surface area is 213 Å². The number of hydrogen-bond acceptors (Lipinski definition) is 5. The zero-order valence-electron chi connectivity index (χ0n) is 19.6. The number of aromatic nitrogens is 3. The molecule has 0 radical (unpaired) electrons. The number of hydrogen-bond donors (Lipinski definition) is 0. The Balaban J connectivity index is 1.24. The molecule has 0 aliphatic carbocycles. The van der Waals surface area contributed by atoms with E-state index in [1.807, 2.05) is 30.5 Å².